The Bertz CT molecular complexity index is 479. The minimum atomic E-state index is -0.294. The van der Waals surface area contributed by atoms with Crippen molar-refractivity contribution in [3.8, 4) is 0 Å². The molecule has 0 N–H and O–H groups in total. The third kappa shape index (κ3) is 3.18. The van der Waals surface area contributed by atoms with Crippen molar-refractivity contribution in [2.45, 2.75) is 38.7 Å². The van der Waals surface area contributed by atoms with Crippen molar-refractivity contribution in [1.29, 1.82) is 0 Å². The highest BCUT2D eigenvalue weighted by Crippen LogP contribution is 2.21. The molecule has 3 nitrogen and oxygen atoms in total. The molecule has 1 aromatic carbocycles. The van der Waals surface area contributed by atoms with Crippen molar-refractivity contribution >= 4 is 5.91 Å². The number of hydrogen-bond acceptors (Lipinski definition) is 2. The lowest BCUT2D eigenvalue weighted by molar-refractivity contribution is 0.0350. The molecule has 1 saturated heterocycles. The predicted molar refractivity (Wildman–Crippen MR) is 76.4 cm³/mol. The number of nitrogens with zero attached hydrogens (tertiary/aromatic N) is 1. The van der Waals surface area contributed by atoms with Crippen LogP contribution >= 0.6 is 0 Å². The van der Waals surface area contributed by atoms with Gasteiger partial charge in [-0.2, -0.15) is 0 Å². The van der Waals surface area contributed by atoms with Crippen LogP contribution < -0.4 is 0 Å². The number of methoxy groups -OCH3 is 1. The number of amides is 1. The quantitative estimate of drug-likeness (QED) is 0.850. The Morgan fingerprint density at radius 3 is 2.50 bits per heavy atom. The zero-order valence-corrected chi connectivity index (χ0v) is 12.4. The van der Waals surface area contributed by atoms with Crippen LogP contribution in [0.3, 0.4) is 0 Å². The maximum absolute atomic E-state index is 14.0. The van der Waals surface area contributed by atoms with Gasteiger partial charge in [0, 0.05) is 25.8 Å². The van der Waals surface area contributed by atoms with E-state index in [1.54, 1.807) is 24.1 Å². The van der Waals surface area contributed by atoms with Crippen LogP contribution in [0.25, 0.3) is 0 Å². The lowest BCUT2D eigenvalue weighted by atomic mass is 10.00. The van der Waals surface area contributed by atoms with Crippen molar-refractivity contribution < 1.29 is 13.9 Å². The first-order valence-corrected chi connectivity index (χ1v) is 7.14. The van der Waals surface area contributed by atoms with Crippen molar-refractivity contribution in [3.63, 3.8) is 0 Å². The van der Waals surface area contributed by atoms with Gasteiger partial charge in [-0.15, -0.1) is 0 Å². The normalized spacial score (nSPS) is 16.8. The molecule has 4 heteroatoms. The molecule has 0 aromatic heterocycles. The smallest absolute Gasteiger partial charge is 0.253 e. The van der Waals surface area contributed by atoms with Gasteiger partial charge in [0.05, 0.1) is 6.10 Å². The van der Waals surface area contributed by atoms with Gasteiger partial charge >= 0.3 is 0 Å². The number of likely N-dealkylation sites (tertiary alicyclic amines) is 1. The molecule has 1 amide bonds. The summed E-state index contributed by atoms with van der Waals surface area (Å²) in [5.41, 5.74) is 1.09. The van der Waals surface area contributed by atoms with E-state index in [0.717, 1.165) is 12.8 Å². The van der Waals surface area contributed by atoms with E-state index in [4.69, 9.17) is 4.74 Å². The number of carbonyl (C=O) groups is 1. The Balaban J connectivity index is 2.08. The summed E-state index contributed by atoms with van der Waals surface area (Å²) in [5.74, 6) is -0.261. The second-order valence-electron chi connectivity index (χ2n) is 5.62. The Morgan fingerprint density at radius 1 is 1.35 bits per heavy atom. The van der Waals surface area contributed by atoms with Gasteiger partial charge in [0.2, 0.25) is 0 Å². The van der Waals surface area contributed by atoms with Crippen molar-refractivity contribution in [2.24, 2.45) is 0 Å². The van der Waals surface area contributed by atoms with E-state index in [9.17, 15) is 9.18 Å². The summed E-state index contributed by atoms with van der Waals surface area (Å²) in [6.07, 6.45) is 1.92. The maximum Gasteiger partial charge on any atom is 0.253 e. The molecule has 0 bridgehead atoms. The molecule has 2 rings (SSSR count). The van der Waals surface area contributed by atoms with Gasteiger partial charge in [0.25, 0.3) is 5.91 Å². The van der Waals surface area contributed by atoms with Gasteiger partial charge in [-0.1, -0.05) is 19.9 Å². The summed E-state index contributed by atoms with van der Waals surface area (Å²) in [5, 5.41) is 0. The summed E-state index contributed by atoms with van der Waals surface area (Å²) < 4.78 is 19.2. The number of piperidine rings is 1. The van der Waals surface area contributed by atoms with Crippen LogP contribution in [0.1, 0.15) is 48.5 Å². The average Bonchev–Trinajstić information content (AvgIpc) is 2.46. The zero-order valence-electron chi connectivity index (χ0n) is 12.4. The number of carbonyl (C=O) groups excluding carboxylic acids is 1. The molecule has 0 spiro atoms. The van der Waals surface area contributed by atoms with Crippen LogP contribution in [0.2, 0.25) is 0 Å². The van der Waals surface area contributed by atoms with E-state index in [1.165, 1.54) is 6.07 Å². The van der Waals surface area contributed by atoms with E-state index in [1.807, 2.05) is 13.8 Å². The first-order valence-electron chi connectivity index (χ1n) is 7.14. The number of halogens is 1. The second kappa shape index (κ2) is 6.35. The zero-order chi connectivity index (χ0) is 14.7. The molecule has 1 heterocycles. The molecule has 1 aliphatic heterocycles. The van der Waals surface area contributed by atoms with Crippen LogP contribution in [0.4, 0.5) is 4.39 Å². The van der Waals surface area contributed by atoms with Crippen LogP contribution in [0.15, 0.2) is 18.2 Å². The minimum Gasteiger partial charge on any atom is -0.381 e. The Hall–Kier alpha value is -1.42. The Morgan fingerprint density at radius 2 is 2.00 bits per heavy atom. The number of ether oxygens (including phenoxy) is 1. The molecule has 110 valence electrons. The summed E-state index contributed by atoms with van der Waals surface area (Å²) in [7, 11) is 1.70. The lowest BCUT2D eigenvalue weighted by Gasteiger charge is -2.31. The topological polar surface area (TPSA) is 29.5 Å². The van der Waals surface area contributed by atoms with Gasteiger partial charge in [0.1, 0.15) is 5.82 Å². The predicted octanol–water partition coefficient (Wildman–Crippen LogP) is 3.20. The molecule has 0 radical (unpaired) electrons. The lowest BCUT2D eigenvalue weighted by Crippen LogP contribution is -2.40. The minimum absolute atomic E-state index is 0.0891. The Kier molecular flexibility index (Phi) is 4.76. The molecule has 20 heavy (non-hydrogen) atoms. The fraction of sp³-hybridized carbons (Fsp3) is 0.562. The highest BCUT2D eigenvalue weighted by atomic mass is 19.1. The maximum atomic E-state index is 14.0. The van der Waals surface area contributed by atoms with Crippen LogP contribution in [0, 0.1) is 5.82 Å². The highest BCUT2D eigenvalue weighted by Gasteiger charge is 2.24. The molecular weight excluding hydrogens is 257 g/mol. The first-order chi connectivity index (χ1) is 9.52. The number of hydrogen-bond donors (Lipinski definition) is 0. The van der Waals surface area contributed by atoms with Gasteiger partial charge in [-0.25, -0.2) is 4.39 Å². The van der Waals surface area contributed by atoms with Gasteiger partial charge in [-0.3, -0.25) is 4.79 Å². The van der Waals surface area contributed by atoms with Crippen molar-refractivity contribution in [2.75, 3.05) is 20.2 Å². The number of benzene rings is 1. The SMILES string of the molecule is COC1CCN(C(=O)c2ccc(C(C)C)c(F)c2)CC1. The largest absolute Gasteiger partial charge is 0.381 e. The molecular formula is C16H22FNO2. The molecule has 1 aromatic rings. The second-order valence-corrected chi connectivity index (χ2v) is 5.62. The third-order valence-electron chi connectivity index (χ3n) is 3.93. The van der Waals surface area contributed by atoms with Crippen LogP contribution in [0.5, 0.6) is 0 Å². The molecule has 0 unspecified atom stereocenters. The van der Waals surface area contributed by atoms with Gasteiger partial charge < -0.3 is 9.64 Å². The van der Waals surface area contributed by atoms with Gasteiger partial charge in [-0.05, 0) is 36.5 Å². The molecule has 0 aliphatic carbocycles. The molecule has 0 atom stereocenters. The highest BCUT2D eigenvalue weighted by molar-refractivity contribution is 5.94. The van der Waals surface area contributed by atoms with Crippen LogP contribution in [-0.4, -0.2) is 37.1 Å². The van der Waals surface area contributed by atoms with E-state index in [0.29, 0.717) is 24.2 Å². The number of rotatable bonds is 3. The fourth-order valence-electron chi connectivity index (χ4n) is 2.61. The van der Waals surface area contributed by atoms with Crippen molar-refractivity contribution in [3.05, 3.63) is 35.1 Å². The van der Waals surface area contributed by atoms with Crippen LogP contribution in [-0.2, 0) is 4.74 Å². The van der Waals surface area contributed by atoms with Gasteiger partial charge in [0.15, 0.2) is 0 Å². The van der Waals surface area contributed by atoms with E-state index >= 15 is 0 Å². The molecule has 1 fully saturated rings. The van der Waals surface area contributed by atoms with E-state index in [2.05, 4.69) is 0 Å². The Labute approximate surface area is 119 Å². The average molecular weight is 279 g/mol. The summed E-state index contributed by atoms with van der Waals surface area (Å²) >= 11 is 0. The van der Waals surface area contributed by atoms with Crippen molar-refractivity contribution in [1.82, 2.24) is 4.90 Å². The summed E-state index contributed by atoms with van der Waals surface area (Å²) in [4.78, 5) is 14.1. The van der Waals surface area contributed by atoms with E-state index < -0.39 is 0 Å². The third-order valence-corrected chi connectivity index (χ3v) is 3.93. The summed E-state index contributed by atoms with van der Waals surface area (Å²) in [6.45, 7) is 5.22. The monoisotopic (exact) mass is 279 g/mol. The van der Waals surface area contributed by atoms with E-state index in [-0.39, 0.29) is 23.7 Å². The summed E-state index contributed by atoms with van der Waals surface area (Å²) in [6, 6.07) is 4.80. The fourth-order valence-corrected chi connectivity index (χ4v) is 2.61. The standard InChI is InChI=1S/C16H22FNO2/c1-11(2)14-5-4-12(10-15(14)17)16(19)18-8-6-13(20-3)7-9-18/h4-5,10-11,13H,6-9H2,1-3H3. The first kappa shape index (κ1) is 15.0. The molecule has 1 aliphatic rings. The molecule has 0 saturated carbocycles.